The number of rotatable bonds is 10. The van der Waals surface area contributed by atoms with E-state index in [1.165, 1.54) is 0 Å². The van der Waals surface area contributed by atoms with Gasteiger partial charge in [0.05, 0.1) is 19.8 Å². The van der Waals surface area contributed by atoms with Gasteiger partial charge in [0.1, 0.15) is 24.7 Å². The number of benzene rings is 2. The molecule has 0 aromatic heterocycles. The van der Waals surface area contributed by atoms with Crippen LogP contribution in [0.15, 0.2) is 59.6 Å². The monoisotopic (exact) mass is 540 g/mol. The van der Waals surface area contributed by atoms with Gasteiger partial charge in [-0.05, 0) is 29.8 Å². The molecule has 2 N–H and O–H groups in total. The second-order valence-electron chi connectivity index (χ2n) is 6.96. The molecule has 1 fully saturated rings. The van der Waals surface area contributed by atoms with Gasteiger partial charge in [0.25, 0.3) is 0 Å². The van der Waals surface area contributed by atoms with Crippen molar-refractivity contribution in [1.82, 2.24) is 15.5 Å². The van der Waals surface area contributed by atoms with Crippen molar-refractivity contribution in [3.63, 3.8) is 0 Å². The molecule has 2 aromatic rings. The summed E-state index contributed by atoms with van der Waals surface area (Å²) < 4.78 is 17.0. The summed E-state index contributed by atoms with van der Waals surface area (Å²) in [6.45, 7) is 7.10. The van der Waals surface area contributed by atoms with Crippen molar-refractivity contribution in [2.45, 2.75) is 6.54 Å². The smallest absolute Gasteiger partial charge is 0.191 e. The average Bonchev–Trinajstić information content (AvgIpc) is 2.80. The molecule has 1 heterocycles. The molecular formula is C23H33IN4O3. The molecule has 1 aliphatic heterocycles. The van der Waals surface area contributed by atoms with E-state index in [0.717, 1.165) is 55.9 Å². The molecular weight excluding hydrogens is 507 g/mol. The third kappa shape index (κ3) is 9.75. The van der Waals surface area contributed by atoms with Crippen LogP contribution in [0.2, 0.25) is 0 Å². The maximum atomic E-state index is 5.93. The normalized spacial score (nSPS) is 14.4. The van der Waals surface area contributed by atoms with Gasteiger partial charge in [-0.3, -0.25) is 9.89 Å². The Morgan fingerprint density at radius 1 is 0.968 bits per heavy atom. The zero-order chi connectivity index (χ0) is 20.9. The Kier molecular flexibility index (Phi) is 12.1. The standard InChI is InChI=1S/C23H32N4O3.HI/c1-24-23(25-10-14-29-21-7-3-2-4-8-21)26-19-20-6-5-9-22(18-20)30-17-13-27-11-15-28-16-12-27;/h2-9,18H,10-17,19H2,1H3,(H2,24,25,26);1H. The first-order chi connectivity index (χ1) is 14.8. The Bertz CT molecular complexity index is 770. The SMILES string of the molecule is CN=C(NCCOc1ccccc1)NCc1cccc(OCCN2CCOCC2)c1.I. The Morgan fingerprint density at radius 2 is 1.71 bits per heavy atom. The number of hydrogen-bond acceptors (Lipinski definition) is 5. The molecule has 2 aromatic carbocycles. The maximum Gasteiger partial charge on any atom is 0.191 e. The Hall–Kier alpha value is -2.04. The molecule has 0 atom stereocenters. The molecule has 1 saturated heterocycles. The Morgan fingerprint density at radius 3 is 2.48 bits per heavy atom. The maximum absolute atomic E-state index is 5.93. The van der Waals surface area contributed by atoms with Crippen LogP contribution in [0.5, 0.6) is 11.5 Å². The van der Waals surface area contributed by atoms with E-state index >= 15 is 0 Å². The molecule has 7 nitrogen and oxygen atoms in total. The zero-order valence-electron chi connectivity index (χ0n) is 18.1. The van der Waals surface area contributed by atoms with E-state index in [9.17, 15) is 0 Å². The predicted molar refractivity (Wildman–Crippen MR) is 135 cm³/mol. The van der Waals surface area contributed by atoms with E-state index in [0.29, 0.717) is 26.3 Å². The first-order valence-electron chi connectivity index (χ1n) is 10.5. The summed E-state index contributed by atoms with van der Waals surface area (Å²) in [7, 11) is 1.76. The topological polar surface area (TPSA) is 67.4 Å². The minimum absolute atomic E-state index is 0. The summed E-state index contributed by atoms with van der Waals surface area (Å²) in [5.74, 6) is 2.50. The van der Waals surface area contributed by atoms with Gasteiger partial charge in [0, 0.05) is 33.2 Å². The van der Waals surface area contributed by atoms with Crippen molar-refractivity contribution in [2.24, 2.45) is 4.99 Å². The van der Waals surface area contributed by atoms with Gasteiger partial charge in [-0.15, -0.1) is 24.0 Å². The lowest BCUT2D eigenvalue weighted by Gasteiger charge is -2.26. The molecule has 0 radical (unpaired) electrons. The Labute approximate surface area is 202 Å². The summed E-state index contributed by atoms with van der Waals surface area (Å²) in [4.78, 5) is 6.63. The lowest BCUT2D eigenvalue weighted by molar-refractivity contribution is 0.0322. The van der Waals surface area contributed by atoms with Crippen molar-refractivity contribution in [3.05, 3.63) is 60.2 Å². The van der Waals surface area contributed by atoms with Crippen molar-refractivity contribution >= 4 is 29.9 Å². The molecule has 1 aliphatic rings. The van der Waals surface area contributed by atoms with Crippen LogP contribution in [-0.4, -0.2) is 70.5 Å². The van der Waals surface area contributed by atoms with Gasteiger partial charge in [0.15, 0.2) is 5.96 Å². The largest absolute Gasteiger partial charge is 0.492 e. The fraction of sp³-hybridized carbons (Fsp3) is 0.435. The molecule has 31 heavy (non-hydrogen) atoms. The van der Waals surface area contributed by atoms with Gasteiger partial charge >= 0.3 is 0 Å². The first kappa shape index (κ1) is 25.2. The zero-order valence-corrected chi connectivity index (χ0v) is 20.4. The number of ether oxygens (including phenoxy) is 3. The van der Waals surface area contributed by atoms with Gasteiger partial charge in [-0.25, -0.2) is 0 Å². The summed E-state index contributed by atoms with van der Waals surface area (Å²) in [5, 5.41) is 6.59. The fourth-order valence-corrected chi connectivity index (χ4v) is 3.12. The number of nitrogens with zero attached hydrogens (tertiary/aromatic N) is 2. The molecule has 0 unspecified atom stereocenters. The van der Waals surface area contributed by atoms with Crippen LogP contribution >= 0.6 is 24.0 Å². The molecule has 0 aliphatic carbocycles. The molecule has 170 valence electrons. The predicted octanol–water partition coefficient (Wildman–Crippen LogP) is 2.76. The van der Waals surface area contributed by atoms with Crippen molar-refractivity contribution < 1.29 is 14.2 Å². The third-order valence-electron chi connectivity index (χ3n) is 4.77. The van der Waals surface area contributed by atoms with Crippen molar-refractivity contribution in [1.29, 1.82) is 0 Å². The molecule has 0 spiro atoms. The molecule has 8 heteroatoms. The van der Waals surface area contributed by atoms with Crippen LogP contribution < -0.4 is 20.1 Å². The number of nitrogens with one attached hydrogen (secondary N) is 2. The number of aliphatic imine (C=N–C) groups is 1. The van der Waals surface area contributed by atoms with E-state index < -0.39 is 0 Å². The van der Waals surface area contributed by atoms with E-state index in [1.54, 1.807) is 7.05 Å². The van der Waals surface area contributed by atoms with E-state index in [4.69, 9.17) is 14.2 Å². The second kappa shape index (κ2) is 14.9. The number of halogens is 1. The Balaban J connectivity index is 0.00000341. The highest BCUT2D eigenvalue weighted by atomic mass is 127. The third-order valence-corrected chi connectivity index (χ3v) is 4.77. The molecule has 0 amide bonds. The lowest BCUT2D eigenvalue weighted by atomic mass is 10.2. The molecule has 0 saturated carbocycles. The highest BCUT2D eigenvalue weighted by Gasteiger charge is 2.09. The van der Waals surface area contributed by atoms with Crippen LogP contribution in [0.1, 0.15) is 5.56 Å². The minimum Gasteiger partial charge on any atom is -0.492 e. The highest BCUT2D eigenvalue weighted by Crippen LogP contribution is 2.13. The summed E-state index contributed by atoms with van der Waals surface area (Å²) >= 11 is 0. The van der Waals surface area contributed by atoms with E-state index in [-0.39, 0.29) is 24.0 Å². The molecule has 3 rings (SSSR count). The summed E-state index contributed by atoms with van der Waals surface area (Å²) in [6.07, 6.45) is 0. The van der Waals surface area contributed by atoms with Crippen molar-refractivity contribution in [3.8, 4) is 11.5 Å². The number of guanidine groups is 1. The van der Waals surface area contributed by atoms with Crippen LogP contribution in [0.3, 0.4) is 0 Å². The van der Waals surface area contributed by atoms with Crippen LogP contribution in [-0.2, 0) is 11.3 Å². The van der Waals surface area contributed by atoms with Gasteiger partial charge in [-0.1, -0.05) is 30.3 Å². The van der Waals surface area contributed by atoms with Crippen LogP contribution in [0.4, 0.5) is 0 Å². The first-order valence-corrected chi connectivity index (χ1v) is 10.5. The molecule has 0 bridgehead atoms. The van der Waals surface area contributed by atoms with Crippen LogP contribution in [0, 0.1) is 0 Å². The quantitative estimate of drug-likeness (QED) is 0.209. The minimum atomic E-state index is 0. The number of morpholine rings is 1. The number of hydrogen-bond donors (Lipinski definition) is 2. The van der Waals surface area contributed by atoms with Gasteiger partial charge in [-0.2, -0.15) is 0 Å². The summed E-state index contributed by atoms with van der Waals surface area (Å²) in [5.41, 5.74) is 1.14. The van der Waals surface area contributed by atoms with Gasteiger partial charge < -0.3 is 24.8 Å². The van der Waals surface area contributed by atoms with Crippen molar-refractivity contribution in [2.75, 3.05) is 59.7 Å². The van der Waals surface area contributed by atoms with Gasteiger partial charge in [0.2, 0.25) is 0 Å². The van der Waals surface area contributed by atoms with E-state index in [1.807, 2.05) is 42.5 Å². The number of para-hydroxylation sites is 1. The second-order valence-corrected chi connectivity index (χ2v) is 6.96. The van der Waals surface area contributed by atoms with E-state index in [2.05, 4.69) is 32.7 Å². The average molecular weight is 540 g/mol. The highest BCUT2D eigenvalue weighted by molar-refractivity contribution is 14.0. The lowest BCUT2D eigenvalue weighted by Crippen LogP contribution is -2.39. The summed E-state index contributed by atoms with van der Waals surface area (Å²) in [6, 6.07) is 18.0. The van der Waals surface area contributed by atoms with Crippen LogP contribution in [0.25, 0.3) is 0 Å². The fourth-order valence-electron chi connectivity index (χ4n) is 3.12.